The quantitative estimate of drug-likeness (QED) is 0.563. The molecule has 0 aromatic carbocycles. The van der Waals surface area contributed by atoms with E-state index < -0.39 is 12.2 Å². The number of nitrogens with zero attached hydrogens (tertiary/aromatic N) is 1. The van der Waals surface area contributed by atoms with Crippen LogP contribution in [0.25, 0.3) is 5.32 Å². The number of hydrogen-bond acceptors (Lipinski definition) is 2. The predicted octanol–water partition coefficient (Wildman–Crippen LogP) is 0.714. The van der Waals surface area contributed by atoms with Gasteiger partial charge in [-0.15, -0.1) is 0 Å². The maximum atomic E-state index is 9.26. The van der Waals surface area contributed by atoms with Crippen molar-refractivity contribution >= 4 is 12.2 Å². The number of imide groups is 1. The summed E-state index contributed by atoms with van der Waals surface area (Å²) < 4.78 is 0. The first-order valence-corrected chi connectivity index (χ1v) is 1.30. The molecule has 0 spiro atoms. The Balaban J connectivity index is 0. The molecule has 0 rings (SSSR count). The zero-order valence-corrected chi connectivity index (χ0v) is 5.57. The van der Waals surface area contributed by atoms with Crippen LogP contribution in [0.2, 0.25) is 0 Å². The van der Waals surface area contributed by atoms with Gasteiger partial charge in [-0.2, -0.15) is 0 Å². The van der Waals surface area contributed by atoms with Crippen LogP contribution in [0.15, 0.2) is 0 Å². The Morgan fingerprint density at radius 3 is 1.38 bits per heavy atom. The van der Waals surface area contributed by atoms with Gasteiger partial charge in [0.05, 0.1) is 0 Å². The number of rotatable bonds is 0. The van der Waals surface area contributed by atoms with Gasteiger partial charge < -0.3 is 15.5 Å². The summed E-state index contributed by atoms with van der Waals surface area (Å²) in [5.41, 5.74) is 0. The summed E-state index contributed by atoms with van der Waals surface area (Å²) in [6.07, 6.45) is -3.37. The SMILES string of the molecule is O=C(O)[N-]C(=O)O.[Mo]. The van der Waals surface area contributed by atoms with Crippen LogP contribution in [0.3, 0.4) is 0 Å². The molecule has 0 radical (unpaired) electrons. The Morgan fingerprint density at radius 2 is 1.38 bits per heavy atom. The van der Waals surface area contributed by atoms with Crippen LogP contribution < -0.4 is 0 Å². The normalized spacial score (nSPS) is 6.50. The molecule has 0 aliphatic rings. The van der Waals surface area contributed by atoms with Crippen LogP contribution in [-0.4, -0.2) is 22.4 Å². The van der Waals surface area contributed by atoms with E-state index in [0.717, 1.165) is 0 Å². The van der Waals surface area contributed by atoms with Gasteiger partial charge in [-0.05, 0) is 0 Å². The van der Waals surface area contributed by atoms with E-state index in [1.165, 1.54) is 0 Å². The Kier molecular flexibility index (Phi) is 5.97. The minimum atomic E-state index is -1.69. The molecular formula is C2H2MoNO4-. The van der Waals surface area contributed by atoms with Gasteiger partial charge in [-0.25, -0.2) is 0 Å². The van der Waals surface area contributed by atoms with Crippen LogP contribution in [0.1, 0.15) is 0 Å². The van der Waals surface area contributed by atoms with E-state index in [4.69, 9.17) is 10.2 Å². The molecule has 0 heterocycles. The topological polar surface area (TPSA) is 88.7 Å². The van der Waals surface area contributed by atoms with Crippen molar-refractivity contribution in [2.24, 2.45) is 0 Å². The van der Waals surface area contributed by atoms with Crippen LogP contribution in [0.5, 0.6) is 0 Å². The average molecular weight is 200 g/mol. The van der Waals surface area contributed by atoms with Gasteiger partial charge in [-0.3, -0.25) is 9.59 Å². The fourth-order valence-corrected chi connectivity index (χ4v) is 0.0818. The fourth-order valence-electron chi connectivity index (χ4n) is 0.0818. The molecule has 2 amide bonds. The second-order valence-electron chi connectivity index (χ2n) is 0.677. The molecule has 0 bridgehead atoms. The van der Waals surface area contributed by atoms with Gasteiger partial charge in [0.15, 0.2) is 0 Å². The molecule has 0 atom stereocenters. The van der Waals surface area contributed by atoms with Gasteiger partial charge in [0.1, 0.15) is 0 Å². The van der Waals surface area contributed by atoms with Crippen molar-refractivity contribution in [1.82, 2.24) is 0 Å². The average Bonchev–Trinajstić information content (AvgIpc) is 1.27. The molecule has 2 N–H and O–H groups in total. The molecule has 0 aromatic heterocycles. The first-order valence-electron chi connectivity index (χ1n) is 1.30. The monoisotopic (exact) mass is 202 g/mol. The molecular weight excluding hydrogens is 198 g/mol. The maximum absolute atomic E-state index is 9.26. The molecule has 0 aromatic rings. The maximum Gasteiger partial charge on any atom is 0.234 e. The summed E-state index contributed by atoms with van der Waals surface area (Å²) in [4.78, 5) is 18.5. The third kappa shape index (κ3) is 9.06. The van der Waals surface area contributed by atoms with E-state index in [1.807, 2.05) is 0 Å². The molecule has 6 heteroatoms. The third-order valence-electron chi connectivity index (χ3n) is 0.191. The van der Waals surface area contributed by atoms with Crippen LogP contribution in [-0.2, 0) is 21.1 Å². The Bertz CT molecular complexity index is 90.2. The van der Waals surface area contributed by atoms with E-state index in [0.29, 0.717) is 0 Å². The van der Waals surface area contributed by atoms with E-state index in [-0.39, 0.29) is 21.1 Å². The molecule has 0 aliphatic heterocycles. The summed E-state index contributed by atoms with van der Waals surface area (Å²) in [7, 11) is 0. The molecule has 5 nitrogen and oxygen atoms in total. The summed E-state index contributed by atoms with van der Waals surface area (Å²) in [6.45, 7) is 0. The van der Waals surface area contributed by atoms with Crippen molar-refractivity contribution in [3.8, 4) is 0 Å². The number of carbonyl (C=O) groups is 2. The standard InChI is InChI=1S/C2H2NO4.Mo/c4-1(5)3-2(6)7;/h(H,4,5)(H,6,7);/q-1;. The Morgan fingerprint density at radius 1 is 1.12 bits per heavy atom. The Hall–Kier alpha value is -0.572. The zero-order chi connectivity index (χ0) is 5.86. The third-order valence-corrected chi connectivity index (χ3v) is 0.191. The first-order chi connectivity index (χ1) is 3.13. The van der Waals surface area contributed by atoms with E-state index in [9.17, 15) is 9.59 Å². The van der Waals surface area contributed by atoms with Crippen molar-refractivity contribution in [2.75, 3.05) is 0 Å². The minimum Gasteiger partial charge on any atom is -0.524 e. The predicted molar refractivity (Wildman–Crippen MR) is 19.4 cm³/mol. The molecule has 8 heavy (non-hydrogen) atoms. The first kappa shape index (κ1) is 10.4. The molecule has 0 saturated heterocycles. The second kappa shape index (κ2) is 4.58. The number of hydrogen-bond donors (Lipinski definition) is 2. The van der Waals surface area contributed by atoms with Crippen LogP contribution in [0, 0.1) is 0 Å². The molecule has 0 fully saturated rings. The molecule has 0 aliphatic carbocycles. The van der Waals surface area contributed by atoms with Crippen LogP contribution >= 0.6 is 0 Å². The van der Waals surface area contributed by atoms with Gasteiger partial charge >= 0.3 is 0 Å². The van der Waals surface area contributed by atoms with Crippen molar-refractivity contribution in [2.45, 2.75) is 0 Å². The molecule has 46 valence electrons. The van der Waals surface area contributed by atoms with Crippen molar-refractivity contribution in [3.05, 3.63) is 5.32 Å². The van der Waals surface area contributed by atoms with Gasteiger partial charge in [0, 0.05) is 21.1 Å². The van der Waals surface area contributed by atoms with E-state index in [1.54, 1.807) is 0 Å². The molecule has 0 saturated carbocycles. The number of amides is 2. The van der Waals surface area contributed by atoms with Crippen molar-refractivity contribution in [3.63, 3.8) is 0 Å². The summed E-state index contributed by atoms with van der Waals surface area (Å²) in [5, 5.41) is 17.2. The summed E-state index contributed by atoms with van der Waals surface area (Å²) in [5.74, 6) is 0. The second-order valence-corrected chi connectivity index (χ2v) is 0.677. The number of carboxylic acid groups (broad SMARTS) is 2. The van der Waals surface area contributed by atoms with Crippen LogP contribution in [0.4, 0.5) is 9.59 Å². The fraction of sp³-hybridized carbons (Fsp3) is 0. The van der Waals surface area contributed by atoms with Crippen molar-refractivity contribution < 1.29 is 40.9 Å². The Labute approximate surface area is 59.0 Å². The van der Waals surface area contributed by atoms with Gasteiger partial charge in [0.25, 0.3) is 0 Å². The smallest absolute Gasteiger partial charge is 0.234 e. The summed E-state index contributed by atoms with van der Waals surface area (Å²) in [6, 6.07) is 0. The molecule has 0 unspecified atom stereocenters. The minimum absolute atomic E-state index is 0. The van der Waals surface area contributed by atoms with E-state index >= 15 is 0 Å². The van der Waals surface area contributed by atoms with Gasteiger partial charge in [0.2, 0.25) is 12.2 Å². The largest absolute Gasteiger partial charge is 0.524 e. The van der Waals surface area contributed by atoms with E-state index in [2.05, 4.69) is 5.32 Å². The zero-order valence-electron chi connectivity index (χ0n) is 3.57. The summed E-state index contributed by atoms with van der Waals surface area (Å²) >= 11 is 0. The van der Waals surface area contributed by atoms with Crippen molar-refractivity contribution in [1.29, 1.82) is 0 Å². The van der Waals surface area contributed by atoms with Gasteiger partial charge in [-0.1, -0.05) is 0 Å².